The molecule has 1 aromatic rings. The maximum atomic E-state index is 11.7. The Bertz CT molecular complexity index is 405. The molecule has 0 fully saturated rings. The molecule has 5 nitrogen and oxygen atoms in total. The Hall–Kier alpha value is -1.33. The van der Waals surface area contributed by atoms with Crippen LogP contribution in [0.5, 0.6) is 0 Å². The van der Waals surface area contributed by atoms with Crippen molar-refractivity contribution >= 4 is 17.5 Å². The summed E-state index contributed by atoms with van der Waals surface area (Å²) in [5.74, 6) is -0.228. The maximum Gasteiger partial charge on any atom is 0.257 e. The molecule has 1 amide bonds. The fourth-order valence-corrected chi connectivity index (χ4v) is 1.35. The van der Waals surface area contributed by atoms with E-state index in [1.807, 2.05) is 0 Å². The Morgan fingerprint density at radius 2 is 2.44 bits per heavy atom. The van der Waals surface area contributed by atoms with Crippen molar-refractivity contribution in [3.8, 4) is 0 Å². The Morgan fingerprint density at radius 1 is 1.69 bits per heavy atom. The van der Waals surface area contributed by atoms with Gasteiger partial charge in [-0.25, -0.2) is 0 Å². The first-order chi connectivity index (χ1) is 7.69. The SMILES string of the molecule is COCC(CCl)NC(=O)c1c[nH]ccc1=O. The molecule has 1 rings (SSSR count). The number of carbonyl (C=O) groups excluding carboxylic acids is 1. The monoisotopic (exact) mass is 244 g/mol. The molecule has 0 saturated heterocycles. The highest BCUT2D eigenvalue weighted by Crippen LogP contribution is 1.94. The van der Waals surface area contributed by atoms with Crippen LogP contribution < -0.4 is 10.7 Å². The number of ether oxygens (including phenoxy) is 1. The molecule has 0 radical (unpaired) electrons. The van der Waals surface area contributed by atoms with Crippen LogP contribution in [0.1, 0.15) is 10.4 Å². The van der Waals surface area contributed by atoms with Crippen LogP contribution in [0.25, 0.3) is 0 Å². The molecule has 0 aliphatic rings. The number of rotatable bonds is 5. The first-order valence-corrected chi connectivity index (χ1v) is 5.25. The Kier molecular flexibility index (Phi) is 5.01. The zero-order valence-electron chi connectivity index (χ0n) is 8.83. The zero-order valence-corrected chi connectivity index (χ0v) is 9.58. The van der Waals surface area contributed by atoms with Gasteiger partial charge < -0.3 is 15.0 Å². The second kappa shape index (κ2) is 6.30. The average Bonchev–Trinajstić information content (AvgIpc) is 2.28. The van der Waals surface area contributed by atoms with Gasteiger partial charge in [-0.1, -0.05) is 0 Å². The summed E-state index contributed by atoms with van der Waals surface area (Å²) in [5, 5.41) is 2.61. The molecule has 0 spiro atoms. The Labute approximate surface area is 97.8 Å². The van der Waals surface area contributed by atoms with Gasteiger partial charge in [0.25, 0.3) is 5.91 Å². The Balaban J connectivity index is 2.72. The van der Waals surface area contributed by atoms with E-state index in [-0.39, 0.29) is 22.9 Å². The number of nitrogens with one attached hydrogen (secondary N) is 2. The third-order valence-electron chi connectivity index (χ3n) is 1.96. The van der Waals surface area contributed by atoms with E-state index >= 15 is 0 Å². The lowest BCUT2D eigenvalue weighted by molar-refractivity contribution is 0.0905. The number of hydrogen-bond donors (Lipinski definition) is 2. The first kappa shape index (κ1) is 12.7. The van der Waals surface area contributed by atoms with Crippen molar-refractivity contribution in [2.75, 3.05) is 19.6 Å². The molecular weight excluding hydrogens is 232 g/mol. The second-order valence-corrected chi connectivity index (χ2v) is 3.51. The van der Waals surface area contributed by atoms with E-state index in [4.69, 9.17) is 16.3 Å². The summed E-state index contributed by atoms with van der Waals surface area (Å²) in [6.45, 7) is 0.306. The minimum absolute atomic E-state index is 0.0636. The Morgan fingerprint density at radius 3 is 3.00 bits per heavy atom. The third kappa shape index (κ3) is 3.36. The van der Waals surface area contributed by atoms with Crippen molar-refractivity contribution in [3.63, 3.8) is 0 Å². The molecule has 0 saturated carbocycles. The predicted molar refractivity (Wildman–Crippen MR) is 60.9 cm³/mol. The van der Waals surface area contributed by atoms with Crippen molar-refractivity contribution < 1.29 is 9.53 Å². The van der Waals surface area contributed by atoms with Crippen LogP contribution in [0.4, 0.5) is 0 Å². The molecule has 0 bridgehead atoms. The van der Waals surface area contributed by atoms with Crippen molar-refractivity contribution in [1.29, 1.82) is 0 Å². The predicted octanol–water partition coefficient (Wildman–Crippen LogP) is 0.359. The van der Waals surface area contributed by atoms with Crippen LogP contribution in [-0.4, -0.2) is 36.5 Å². The molecule has 0 aromatic carbocycles. The molecule has 6 heteroatoms. The molecular formula is C10H13ClN2O3. The van der Waals surface area contributed by atoms with Crippen molar-refractivity contribution in [1.82, 2.24) is 10.3 Å². The number of methoxy groups -OCH3 is 1. The normalized spacial score (nSPS) is 12.1. The van der Waals surface area contributed by atoms with E-state index in [2.05, 4.69) is 10.3 Å². The van der Waals surface area contributed by atoms with Crippen LogP contribution in [0.15, 0.2) is 23.3 Å². The van der Waals surface area contributed by atoms with Crippen LogP contribution in [0.2, 0.25) is 0 Å². The lowest BCUT2D eigenvalue weighted by Crippen LogP contribution is -2.41. The molecule has 16 heavy (non-hydrogen) atoms. The fraction of sp³-hybridized carbons (Fsp3) is 0.400. The highest BCUT2D eigenvalue weighted by atomic mass is 35.5. The summed E-state index contributed by atoms with van der Waals surface area (Å²) >= 11 is 5.64. The van der Waals surface area contributed by atoms with Crippen molar-refractivity contribution in [3.05, 3.63) is 34.2 Å². The minimum Gasteiger partial charge on any atom is -0.383 e. The summed E-state index contributed by atoms with van der Waals surface area (Å²) in [4.78, 5) is 25.7. The van der Waals surface area contributed by atoms with Gasteiger partial charge in [-0.2, -0.15) is 0 Å². The first-order valence-electron chi connectivity index (χ1n) is 4.72. The number of alkyl halides is 1. The number of amides is 1. The highest BCUT2D eigenvalue weighted by Gasteiger charge is 2.14. The number of pyridine rings is 1. The van der Waals surface area contributed by atoms with Crippen LogP contribution >= 0.6 is 11.6 Å². The molecule has 88 valence electrons. The van der Waals surface area contributed by atoms with Gasteiger partial charge in [-0.15, -0.1) is 11.6 Å². The molecule has 0 aliphatic carbocycles. The number of aromatic nitrogens is 1. The van der Waals surface area contributed by atoms with E-state index in [1.54, 1.807) is 0 Å². The number of carbonyl (C=O) groups is 1. The summed E-state index contributed by atoms with van der Waals surface area (Å²) in [5.41, 5.74) is -0.268. The van der Waals surface area contributed by atoms with Gasteiger partial charge in [0.15, 0.2) is 5.43 Å². The standard InChI is InChI=1S/C10H13ClN2O3/c1-16-6-7(4-11)13-10(15)8-5-12-3-2-9(8)14/h2-3,5,7H,4,6H2,1H3,(H,12,14)(H,13,15). The molecule has 1 heterocycles. The van der Waals surface area contributed by atoms with Crippen LogP contribution in [0.3, 0.4) is 0 Å². The molecule has 1 unspecified atom stereocenters. The van der Waals surface area contributed by atoms with E-state index in [0.717, 1.165) is 0 Å². The van der Waals surface area contributed by atoms with Crippen LogP contribution in [0, 0.1) is 0 Å². The van der Waals surface area contributed by atoms with Gasteiger partial charge in [0.05, 0.1) is 12.6 Å². The van der Waals surface area contributed by atoms with Crippen molar-refractivity contribution in [2.45, 2.75) is 6.04 Å². The van der Waals surface area contributed by atoms with Crippen LogP contribution in [-0.2, 0) is 4.74 Å². The quantitative estimate of drug-likeness (QED) is 0.735. The maximum absolute atomic E-state index is 11.7. The molecule has 1 aromatic heterocycles. The lowest BCUT2D eigenvalue weighted by Gasteiger charge is -2.14. The minimum atomic E-state index is -0.454. The molecule has 1 atom stereocenters. The summed E-state index contributed by atoms with van der Waals surface area (Å²) < 4.78 is 4.88. The number of hydrogen-bond acceptors (Lipinski definition) is 3. The van der Waals surface area contributed by atoms with Gasteiger partial charge in [-0.05, 0) is 0 Å². The average molecular weight is 245 g/mol. The summed E-state index contributed by atoms with van der Waals surface area (Å²) in [6, 6.07) is 0.986. The van der Waals surface area contributed by atoms with Gasteiger partial charge in [0, 0.05) is 31.4 Å². The van der Waals surface area contributed by atoms with E-state index in [1.165, 1.54) is 25.6 Å². The van der Waals surface area contributed by atoms with Gasteiger partial charge in [0.1, 0.15) is 5.56 Å². The number of aromatic amines is 1. The third-order valence-corrected chi connectivity index (χ3v) is 2.33. The smallest absolute Gasteiger partial charge is 0.257 e. The molecule has 0 aliphatic heterocycles. The topological polar surface area (TPSA) is 71.2 Å². The van der Waals surface area contributed by atoms with E-state index in [9.17, 15) is 9.59 Å². The highest BCUT2D eigenvalue weighted by molar-refractivity contribution is 6.18. The number of halogens is 1. The van der Waals surface area contributed by atoms with E-state index < -0.39 is 5.91 Å². The summed E-state index contributed by atoms with van der Waals surface area (Å²) in [6.07, 6.45) is 2.82. The van der Waals surface area contributed by atoms with E-state index in [0.29, 0.717) is 6.61 Å². The van der Waals surface area contributed by atoms with Gasteiger partial charge >= 0.3 is 0 Å². The second-order valence-electron chi connectivity index (χ2n) is 3.20. The number of H-pyrrole nitrogens is 1. The zero-order chi connectivity index (χ0) is 12.0. The largest absolute Gasteiger partial charge is 0.383 e. The molecule has 2 N–H and O–H groups in total. The van der Waals surface area contributed by atoms with Crippen molar-refractivity contribution in [2.24, 2.45) is 0 Å². The fourth-order valence-electron chi connectivity index (χ4n) is 1.18. The van der Waals surface area contributed by atoms with Gasteiger partial charge in [0.2, 0.25) is 0 Å². The van der Waals surface area contributed by atoms with Gasteiger partial charge in [-0.3, -0.25) is 9.59 Å². The summed E-state index contributed by atoms with van der Waals surface area (Å²) in [7, 11) is 1.51. The lowest BCUT2D eigenvalue weighted by atomic mass is 10.2.